The van der Waals surface area contributed by atoms with Crippen LogP contribution in [0.3, 0.4) is 0 Å². The molecule has 1 saturated heterocycles. The van der Waals surface area contributed by atoms with Gasteiger partial charge in [0, 0.05) is 18.8 Å². The molecule has 0 aliphatic carbocycles. The van der Waals surface area contributed by atoms with Crippen LogP contribution in [0.4, 0.5) is 11.4 Å². The lowest BCUT2D eigenvalue weighted by molar-refractivity contribution is 0.0697. The van der Waals surface area contributed by atoms with Gasteiger partial charge < -0.3 is 10.0 Å². The highest BCUT2D eigenvalue weighted by molar-refractivity contribution is 7.92. The normalized spacial score (nSPS) is 15.4. The average Bonchev–Trinajstić information content (AvgIpc) is 2.63. The number of rotatable bonds is 5. The fraction of sp³-hybridized carbons (Fsp3) is 0.409. The molecule has 156 valence electrons. The van der Waals surface area contributed by atoms with Crippen molar-refractivity contribution in [2.75, 3.05) is 22.7 Å². The maximum absolute atomic E-state index is 12.7. The van der Waals surface area contributed by atoms with E-state index in [1.807, 2.05) is 13.8 Å². The molecule has 2 aromatic rings. The Labute approximate surface area is 172 Å². The number of carboxylic acids is 1. The van der Waals surface area contributed by atoms with Crippen molar-refractivity contribution in [3.8, 4) is 0 Å². The van der Waals surface area contributed by atoms with Gasteiger partial charge >= 0.3 is 5.97 Å². The number of benzene rings is 2. The molecule has 2 N–H and O–H groups in total. The lowest BCUT2D eigenvalue weighted by atomic mass is 10.1. The number of aromatic carboxylic acids is 1. The fourth-order valence-corrected chi connectivity index (χ4v) is 4.76. The molecule has 29 heavy (non-hydrogen) atoms. The Hall–Kier alpha value is -2.54. The van der Waals surface area contributed by atoms with Gasteiger partial charge in [-0.15, -0.1) is 0 Å². The maximum atomic E-state index is 12.7. The van der Waals surface area contributed by atoms with Gasteiger partial charge in [0.05, 0.1) is 16.1 Å². The summed E-state index contributed by atoms with van der Waals surface area (Å²) in [6.45, 7) is 5.40. The lowest BCUT2D eigenvalue weighted by Crippen LogP contribution is -2.28. The third-order valence-electron chi connectivity index (χ3n) is 5.46. The van der Waals surface area contributed by atoms with Crippen molar-refractivity contribution in [2.45, 2.75) is 50.8 Å². The van der Waals surface area contributed by atoms with Gasteiger partial charge in [-0.2, -0.15) is 0 Å². The second-order valence-electron chi connectivity index (χ2n) is 7.64. The number of carbonyl (C=O) groups is 1. The minimum Gasteiger partial charge on any atom is -0.478 e. The van der Waals surface area contributed by atoms with Gasteiger partial charge in [0.25, 0.3) is 10.0 Å². The largest absolute Gasteiger partial charge is 0.478 e. The molecule has 0 bridgehead atoms. The molecule has 1 aliphatic rings. The van der Waals surface area contributed by atoms with E-state index in [0.717, 1.165) is 49.9 Å². The molecule has 0 saturated carbocycles. The first kappa shape index (κ1) is 21.2. The van der Waals surface area contributed by atoms with Crippen LogP contribution in [0.1, 0.15) is 53.6 Å². The molecule has 1 fully saturated rings. The number of nitrogens with zero attached hydrogens (tertiary/aromatic N) is 1. The van der Waals surface area contributed by atoms with Crippen LogP contribution in [0.15, 0.2) is 41.3 Å². The minimum atomic E-state index is -3.80. The molecule has 0 radical (unpaired) electrons. The number of hydrogen-bond donors (Lipinski definition) is 2. The van der Waals surface area contributed by atoms with Crippen molar-refractivity contribution >= 4 is 27.4 Å². The standard InChI is InChI=1S/C22H28N2O4S/c1-16-8-10-19(14-17(16)2)29(27,28)23-18-9-11-21(20(15-18)22(25)26)24-12-6-4-3-5-7-13-24/h8-11,14-15,23H,3-7,12-13H2,1-2H3,(H,25,26). The minimum absolute atomic E-state index is 0.117. The Morgan fingerprint density at radius 3 is 2.21 bits per heavy atom. The molecule has 0 amide bonds. The van der Waals surface area contributed by atoms with Crippen LogP contribution >= 0.6 is 0 Å². The van der Waals surface area contributed by atoms with Crippen LogP contribution in [0.5, 0.6) is 0 Å². The molecule has 2 aromatic carbocycles. The predicted octanol–water partition coefficient (Wildman–Crippen LogP) is 4.57. The van der Waals surface area contributed by atoms with Crippen molar-refractivity contribution in [2.24, 2.45) is 0 Å². The van der Waals surface area contributed by atoms with E-state index in [-0.39, 0.29) is 16.1 Å². The van der Waals surface area contributed by atoms with Crippen LogP contribution < -0.4 is 9.62 Å². The summed E-state index contributed by atoms with van der Waals surface area (Å²) >= 11 is 0. The van der Waals surface area contributed by atoms with E-state index in [4.69, 9.17) is 0 Å². The maximum Gasteiger partial charge on any atom is 0.337 e. The fourth-order valence-electron chi connectivity index (χ4n) is 3.63. The zero-order chi connectivity index (χ0) is 21.0. The first-order valence-electron chi connectivity index (χ1n) is 10.0. The van der Waals surface area contributed by atoms with E-state index in [1.54, 1.807) is 30.3 Å². The Morgan fingerprint density at radius 1 is 0.931 bits per heavy atom. The van der Waals surface area contributed by atoms with Gasteiger partial charge in [0.15, 0.2) is 0 Å². The summed E-state index contributed by atoms with van der Waals surface area (Å²) in [5.41, 5.74) is 2.90. The number of anilines is 2. The lowest BCUT2D eigenvalue weighted by Gasteiger charge is -2.28. The van der Waals surface area contributed by atoms with Crippen LogP contribution in [-0.2, 0) is 10.0 Å². The highest BCUT2D eigenvalue weighted by Gasteiger charge is 2.20. The number of hydrogen-bond acceptors (Lipinski definition) is 4. The zero-order valence-electron chi connectivity index (χ0n) is 16.9. The van der Waals surface area contributed by atoms with Crippen molar-refractivity contribution in [1.29, 1.82) is 0 Å². The summed E-state index contributed by atoms with van der Waals surface area (Å²) in [6.07, 6.45) is 5.57. The van der Waals surface area contributed by atoms with Crippen LogP contribution in [0, 0.1) is 13.8 Å². The summed E-state index contributed by atoms with van der Waals surface area (Å²) < 4.78 is 28.0. The first-order chi connectivity index (χ1) is 13.8. The van der Waals surface area contributed by atoms with Gasteiger partial charge in [0.1, 0.15) is 0 Å². The molecule has 3 rings (SSSR count). The van der Waals surface area contributed by atoms with Gasteiger partial charge in [-0.05, 0) is 68.1 Å². The number of carboxylic acid groups (broad SMARTS) is 1. The van der Waals surface area contributed by atoms with E-state index < -0.39 is 16.0 Å². The van der Waals surface area contributed by atoms with Crippen LogP contribution in [0.2, 0.25) is 0 Å². The Kier molecular flexibility index (Phi) is 6.47. The van der Waals surface area contributed by atoms with Crippen molar-refractivity contribution in [3.05, 3.63) is 53.1 Å². The van der Waals surface area contributed by atoms with E-state index >= 15 is 0 Å². The summed E-state index contributed by atoms with van der Waals surface area (Å²) in [7, 11) is -3.80. The van der Waals surface area contributed by atoms with E-state index in [9.17, 15) is 18.3 Å². The average molecular weight is 417 g/mol. The highest BCUT2D eigenvalue weighted by atomic mass is 32.2. The smallest absolute Gasteiger partial charge is 0.337 e. The molecule has 1 aliphatic heterocycles. The van der Waals surface area contributed by atoms with E-state index in [2.05, 4.69) is 9.62 Å². The van der Waals surface area contributed by atoms with Crippen LogP contribution in [-0.4, -0.2) is 32.6 Å². The molecule has 0 atom stereocenters. The third kappa shape index (κ3) is 5.09. The van der Waals surface area contributed by atoms with Crippen LogP contribution in [0.25, 0.3) is 0 Å². The second-order valence-corrected chi connectivity index (χ2v) is 9.33. The molecule has 0 unspecified atom stereocenters. The molecular formula is C22H28N2O4S. The van der Waals surface area contributed by atoms with Crippen molar-refractivity contribution in [3.63, 3.8) is 0 Å². The van der Waals surface area contributed by atoms with Crippen molar-refractivity contribution < 1.29 is 18.3 Å². The van der Waals surface area contributed by atoms with Gasteiger partial charge in [0.2, 0.25) is 0 Å². The van der Waals surface area contributed by atoms with Crippen molar-refractivity contribution in [1.82, 2.24) is 0 Å². The predicted molar refractivity (Wildman–Crippen MR) is 115 cm³/mol. The topological polar surface area (TPSA) is 86.7 Å². The SMILES string of the molecule is Cc1ccc(S(=O)(=O)Nc2ccc(N3CCCCCCC3)c(C(=O)O)c2)cc1C. The highest BCUT2D eigenvalue weighted by Crippen LogP contribution is 2.28. The first-order valence-corrected chi connectivity index (χ1v) is 11.5. The van der Waals surface area contributed by atoms with E-state index in [0.29, 0.717) is 5.69 Å². The summed E-state index contributed by atoms with van der Waals surface area (Å²) in [5.74, 6) is -1.06. The monoisotopic (exact) mass is 416 g/mol. The Bertz CT molecular complexity index is 994. The van der Waals surface area contributed by atoms with Gasteiger partial charge in [-0.3, -0.25) is 4.72 Å². The molecule has 0 spiro atoms. The number of nitrogens with one attached hydrogen (secondary N) is 1. The second kappa shape index (κ2) is 8.86. The van der Waals surface area contributed by atoms with E-state index in [1.165, 1.54) is 12.5 Å². The third-order valence-corrected chi connectivity index (χ3v) is 6.84. The Morgan fingerprint density at radius 2 is 1.59 bits per heavy atom. The quantitative estimate of drug-likeness (QED) is 0.745. The molecular weight excluding hydrogens is 388 g/mol. The van der Waals surface area contributed by atoms with Gasteiger partial charge in [-0.1, -0.05) is 25.3 Å². The summed E-state index contributed by atoms with van der Waals surface area (Å²) in [6, 6.07) is 9.69. The number of aryl methyl sites for hydroxylation is 2. The molecule has 0 aromatic heterocycles. The molecule has 1 heterocycles. The molecule has 6 nitrogen and oxygen atoms in total. The zero-order valence-corrected chi connectivity index (χ0v) is 17.8. The summed E-state index contributed by atoms with van der Waals surface area (Å²) in [5, 5.41) is 9.73. The number of sulfonamides is 1. The van der Waals surface area contributed by atoms with Gasteiger partial charge in [-0.25, -0.2) is 13.2 Å². The summed E-state index contributed by atoms with van der Waals surface area (Å²) in [4.78, 5) is 14.1. The molecule has 7 heteroatoms. The Balaban J connectivity index is 1.89.